The summed E-state index contributed by atoms with van der Waals surface area (Å²) in [6.45, 7) is 5.28. The summed E-state index contributed by atoms with van der Waals surface area (Å²) < 4.78 is 18.9. The molecule has 1 heterocycles. The van der Waals surface area contributed by atoms with Gasteiger partial charge in [-0.15, -0.1) is 0 Å². The Morgan fingerprint density at radius 2 is 2.21 bits per heavy atom. The van der Waals surface area contributed by atoms with Crippen LogP contribution in [0.1, 0.15) is 18.1 Å². The van der Waals surface area contributed by atoms with Crippen LogP contribution in [-0.4, -0.2) is 41.3 Å². The van der Waals surface area contributed by atoms with E-state index in [0.29, 0.717) is 25.2 Å². The zero-order chi connectivity index (χ0) is 14.0. The normalized spacial score (nSPS) is 18.1. The van der Waals surface area contributed by atoms with Crippen molar-refractivity contribution in [3.8, 4) is 0 Å². The number of ether oxygens (including phenoxy) is 1. The van der Waals surface area contributed by atoms with Crippen molar-refractivity contribution in [3.05, 3.63) is 35.1 Å². The molecular formula is C14H18FNO3. The minimum absolute atomic E-state index is 0.203. The Kier molecular flexibility index (Phi) is 3.87. The van der Waals surface area contributed by atoms with Gasteiger partial charge in [0.25, 0.3) is 0 Å². The first kappa shape index (κ1) is 14.0. The lowest BCUT2D eigenvalue weighted by atomic mass is 9.95. The maximum Gasteiger partial charge on any atom is 0.329 e. The molecule has 0 aliphatic carbocycles. The van der Waals surface area contributed by atoms with Crippen molar-refractivity contribution in [1.29, 1.82) is 0 Å². The summed E-state index contributed by atoms with van der Waals surface area (Å²) in [7, 11) is 0. The summed E-state index contributed by atoms with van der Waals surface area (Å²) in [5, 5.41) is 8.58. The molecule has 2 rings (SSSR count). The highest BCUT2D eigenvalue weighted by atomic mass is 19.1. The molecule has 19 heavy (non-hydrogen) atoms. The van der Waals surface area contributed by atoms with Crippen LogP contribution in [0.4, 0.5) is 4.39 Å². The van der Waals surface area contributed by atoms with Gasteiger partial charge in [-0.3, -0.25) is 4.90 Å². The number of likely N-dealkylation sites (tertiary alicyclic amines) is 1. The van der Waals surface area contributed by atoms with E-state index in [1.807, 2.05) is 24.8 Å². The van der Waals surface area contributed by atoms with Crippen LogP contribution in [0.5, 0.6) is 0 Å². The predicted octanol–water partition coefficient (Wildman–Crippen LogP) is 1.81. The van der Waals surface area contributed by atoms with Gasteiger partial charge in [-0.2, -0.15) is 0 Å². The minimum Gasteiger partial charge on any atom is -0.480 e. The number of carbonyl (C=O) groups is 1. The number of nitrogens with zero attached hydrogens (tertiary/aromatic N) is 1. The number of rotatable bonds is 5. The lowest BCUT2D eigenvalue weighted by molar-refractivity contribution is -0.165. The maximum atomic E-state index is 13.6. The van der Waals surface area contributed by atoms with Crippen LogP contribution in [0.2, 0.25) is 0 Å². The first-order valence-corrected chi connectivity index (χ1v) is 6.21. The molecule has 1 saturated heterocycles. The van der Waals surface area contributed by atoms with Gasteiger partial charge in [0.15, 0.2) is 0 Å². The predicted molar refractivity (Wildman–Crippen MR) is 68.4 cm³/mol. The quantitative estimate of drug-likeness (QED) is 0.884. The highest BCUT2D eigenvalue weighted by Gasteiger charge is 2.40. The number of carboxylic acid groups (broad SMARTS) is 1. The molecule has 1 aromatic carbocycles. The molecule has 1 aliphatic heterocycles. The Hall–Kier alpha value is -1.46. The number of aryl methyl sites for hydroxylation is 1. The van der Waals surface area contributed by atoms with Gasteiger partial charge in [-0.1, -0.05) is 17.7 Å². The average Bonchev–Trinajstić information content (AvgIpc) is 2.29. The van der Waals surface area contributed by atoms with E-state index < -0.39 is 11.6 Å². The van der Waals surface area contributed by atoms with Gasteiger partial charge in [0, 0.05) is 25.2 Å². The summed E-state index contributed by atoms with van der Waals surface area (Å²) in [5.41, 5.74) is 1.26. The molecular weight excluding hydrogens is 249 g/mol. The van der Waals surface area contributed by atoms with E-state index in [2.05, 4.69) is 0 Å². The Bertz CT molecular complexity index is 484. The van der Waals surface area contributed by atoms with Gasteiger partial charge in [-0.05, 0) is 19.9 Å². The van der Waals surface area contributed by atoms with Crippen molar-refractivity contribution < 1.29 is 19.0 Å². The largest absolute Gasteiger partial charge is 0.480 e. The van der Waals surface area contributed by atoms with Crippen LogP contribution < -0.4 is 0 Å². The van der Waals surface area contributed by atoms with Gasteiger partial charge in [0.2, 0.25) is 0 Å². The Morgan fingerprint density at radius 1 is 1.53 bits per heavy atom. The second-order valence-corrected chi connectivity index (χ2v) is 5.37. The van der Waals surface area contributed by atoms with Crippen LogP contribution >= 0.6 is 0 Å². The fourth-order valence-corrected chi connectivity index (χ4v) is 2.40. The summed E-state index contributed by atoms with van der Waals surface area (Å²) in [6, 6.07) is 5.06. The molecule has 1 N–H and O–H groups in total. The third kappa shape index (κ3) is 3.52. The highest BCUT2D eigenvalue weighted by Crippen LogP contribution is 2.27. The number of aliphatic carboxylic acids is 1. The highest BCUT2D eigenvalue weighted by molar-refractivity contribution is 5.68. The van der Waals surface area contributed by atoms with Crippen LogP contribution in [0.15, 0.2) is 18.2 Å². The van der Waals surface area contributed by atoms with Crippen molar-refractivity contribution in [3.63, 3.8) is 0 Å². The summed E-state index contributed by atoms with van der Waals surface area (Å²) in [5.74, 6) is -1.17. The van der Waals surface area contributed by atoms with Crippen molar-refractivity contribution in [2.24, 2.45) is 0 Å². The fraction of sp³-hybridized carbons (Fsp3) is 0.500. The second-order valence-electron chi connectivity index (χ2n) is 5.37. The van der Waals surface area contributed by atoms with Crippen molar-refractivity contribution in [2.45, 2.75) is 26.0 Å². The summed E-state index contributed by atoms with van der Waals surface area (Å²) in [6.07, 6.45) is 0. The van der Waals surface area contributed by atoms with Gasteiger partial charge in [-0.25, -0.2) is 9.18 Å². The third-order valence-corrected chi connectivity index (χ3v) is 3.26. The first-order valence-electron chi connectivity index (χ1n) is 6.21. The lowest BCUT2D eigenvalue weighted by Crippen LogP contribution is -2.61. The van der Waals surface area contributed by atoms with Crippen LogP contribution in [0.3, 0.4) is 0 Å². The molecule has 0 spiro atoms. The SMILES string of the molecule is Cc1ccc(F)c(CN2CC(C)(OCC(=O)O)C2)c1. The zero-order valence-electron chi connectivity index (χ0n) is 11.1. The van der Waals surface area contributed by atoms with Gasteiger partial charge in [0.05, 0.1) is 5.60 Å². The number of hydrogen-bond donors (Lipinski definition) is 1. The Balaban J connectivity index is 1.87. The maximum absolute atomic E-state index is 13.6. The van der Waals surface area contributed by atoms with Crippen molar-refractivity contribution >= 4 is 5.97 Å². The second kappa shape index (κ2) is 5.27. The number of benzene rings is 1. The molecule has 0 atom stereocenters. The average molecular weight is 267 g/mol. The topological polar surface area (TPSA) is 49.8 Å². The standard InChI is InChI=1S/C14H18FNO3/c1-10-3-4-12(15)11(5-10)6-16-8-14(2,9-16)19-7-13(17)18/h3-5H,6-9H2,1-2H3,(H,17,18). The molecule has 0 unspecified atom stereocenters. The van der Waals surface area contributed by atoms with E-state index in [-0.39, 0.29) is 12.4 Å². The zero-order valence-corrected chi connectivity index (χ0v) is 11.1. The van der Waals surface area contributed by atoms with Gasteiger partial charge >= 0.3 is 5.97 Å². The molecule has 1 fully saturated rings. The molecule has 5 heteroatoms. The Morgan fingerprint density at radius 3 is 2.84 bits per heavy atom. The fourth-order valence-electron chi connectivity index (χ4n) is 2.40. The van der Waals surface area contributed by atoms with Crippen molar-refractivity contribution in [2.75, 3.05) is 19.7 Å². The van der Waals surface area contributed by atoms with E-state index in [0.717, 1.165) is 5.56 Å². The molecule has 4 nitrogen and oxygen atoms in total. The third-order valence-electron chi connectivity index (χ3n) is 3.26. The summed E-state index contributed by atoms with van der Waals surface area (Å²) >= 11 is 0. The van der Waals surface area contributed by atoms with E-state index in [4.69, 9.17) is 9.84 Å². The summed E-state index contributed by atoms with van der Waals surface area (Å²) in [4.78, 5) is 12.5. The number of hydrogen-bond acceptors (Lipinski definition) is 3. The molecule has 1 aromatic rings. The van der Waals surface area contributed by atoms with E-state index in [1.165, 1.54) is 6.07 Å². The van der Waals surface area contributed by atoms with Crippen LogP contribution in [0, 0.1) is 12.7 Å². The van der Waals surface area contributed by atoms with E-state index in [9.17, 15) is 9.18 Å². The molecule has 1 aliphatic rings. The van der Waals surface area contributed by atoms with Crippen molar-refractivity contribution in [1.82, 2.24) is 4.90 Å². The smallest absolute Gasteiger partial charge is 0.329 e. The molecule has 104 valence electrons. The van der Waals surface area contributed by atoms with Crippen LogP contribution in [-0.2, 0) is 16.1 Å². The van der Waals surface area contributed by atoms with E-state index >= 15 is 0 Å². The minimum atomic E-state index is -0.968. The molecule has 0 saturated carbocycles. The van der Waals surface area contributed by atoms with Gasteiger partial charge < -0.3 is 9.84 Å². The monoisotopic (exact) mass is 267 g/mol. The molecule has 0 radical (unpaired) electrons. The lowest BCUT2D eigenvalue weighted by Gasteiger charge is -2.47. The Labute approximate surface area is 111 Å². The first-order chi connectivity index (χ1) is 8.88. The number of carboxylic acids is 1. The molecule has 0 bridgehead atoms. The number of halogens is 1. The van der Waals surface area contributed by atoms with Gasteiger partial charge in [0.1, 0.15) is 12.4 Å². The van der Waals surface area contributed by atoms with E-state index in [1.54, 1.807) is 6.07 Å². The van der Waals surface area contributed by atoms with Crippen LogP contribution in [0.25, 0.3) is 0 Å². The molecule has 0 amide bonds. The molecule has 0 aromatic heterocycles.